The standard InChI is InChI=1S/C17H24N2O4/c1-12-10-15(22-3)16(23-4)11-14(12)17(21)19-7-5-6-18(8-9-19)13(2)20/h10-11H,5-9H2,1-4H3. The van der Waals surface area contributed by atoms with Crippen LogP contribution in [0.15, 0.2) is 12.1 Å². The smallest absolute Gasteiger partial charge is 0.254 e. The molecule has 1 saturated heterocycles. The maximum atomic E-state index is 12.8. The molecule has 1 aliphatic heterocycles. The van der Waals surface area contributed by atoms with Crippen LogP contribution in [0.3, 0.4) is 0 Å². The summed E-state index contributed by atoms with van der Waals surface area (Å²) in [5.41, 5.74) is 1.46. The Morgan fingerprint density at radius 1 is 0.957 bits per heavy atom. The average molecular weight is 320 g/mol. The van der Waals surface area contributed by atoms with E-state index in [9.17, 15) is 9.59 Å². The fourth-order valence-electron chi connectivity index (χ4n) is 2.82. The molecule has 0 N–H and O–H groups in total. The van der Waals surface area contributed by atoms with Gasteiger partial charge >= 0.3 is 0 Å². The second kappa shape index (κ2) is 7.35. The number of benzene rings is 1. The van der Waals surface area contributed by atoms with Crippen LogP contribution in [-0.4, -0.2) is 62.0 Å². The maximum Gasteiger partial charge on any atom is 0.254 e. The van der Waals surface area contributed by atoms with Crippen molar-refractivity contribution in [3.05, 3.63) is 23.3 Å². The normalized spacial score (nSPS) is 15.1. The van der Waals surface area contributed by atoms with E-state index in [2.05, 4.69) is 0 Å². The van der Waals surface area contributed by atoms with E-state index < -0.39 is 0 Å². The van der Waals surface area contributed by atoms with Crippen LogP contribution in [-0.2, 0) is 4.79 Å². The Balaban J connectivity index is 2.21. The lowest BCUT2D eigenvalue weighted by molar-refractivity contribution is -0.128. The van der Waals surface area contributed by atoms with E-state index in [1.54, 1.807) is 37.0 Å². The number of nitrogens with zero attached hydrogens (tertiary/aromatic N) is 2. The second-order valence-corrected chi connectivity index (χ2v) is 5.67. The van der Waals surface area contributed by atoms with Gasteiger partial charge in [0.1, 0.15) is 0 Å². The quantitative estimate of drug-likeness (QED) is 0.851. The van der Waals surface area contributed by atoms with E-state index in [4.69, 9.17) is 9.47 Å². The summed E-state index contributed by atoms with van der Waals surface area (Å²) in [7, 11) is 3.13. The highest BCUT2D eigenvalue weighted by molar-refractivity contribution is 5.96. The van der Waals surface area contributed by atoms with Gasteiger partial charge in [0.2, 0.25) is 5.91 Å². The van der Waals surface area contributed by atoms with E-state index in [1.807, 2.05) is 13.0 Å². The summed E-state index contributed by atoms with van der Waals surface area (Å²) in [5, 5.41) is 0. The largest absolute Gasteiger partial charge is 0.493 e. The Morgan fingerprint density at radius 3 is 2.13 bits per heavy atom. The minimum atomic E-state index is -0.0335. The van der Waals surface area contributed by atoms with Gasteiger partial charge in [-0.2, -0.15) is 0 Å². The van der Waals surface area contributed by atoms with Gasteiger partial charge in [-0.3, -0.25) is 9.59 Å². The number of hydrogen-bond donors (Lipinski definition) is 0. The van der Waals surface area contributed by atoms with Crippen molar-refractivity contribution in [3.63, 3.8) is 0 Å². The van der Waals surface area contributed by atoms with Crippen LogP contribution in [0.2, 0.25) is 0 Å². The Hall–Kier alpha value is -2.24. The molecule has 0 aromatic heterocycles. The van der Waals surface area contributed by atoms with Crippen molar-refractivity contribution in [2.45, 2.75) is 20.3 Å². The highest BCUT2D eigenvalue weighted by atomic mass is 16.5. The molecule has 6 heteroatoms. The molecule has 23 heavy (non-hydrogen) atoms. The van der Waals surface area contributed by atoms with Gasteiger partial charge in [0.25, 0.3) is 5.91 Å². The highest BCUT2D eigenvalue weighted by Crippen LogP contribution is 2.31. The average Bonchev–Trinajstić information content (AvgIpc) is 2.80. The number of amides is 2. The Bertz CT molecular complexity index is 601. The topological polar surface area (TPSA) is 59.1 Å². The number of hydrogen-bond acceptors (Lipinski definition) is 4. The zero-order valence-corrected chi connectivity index (χ0v) is 14.2. The molecule has 1 heterocycles. The fourth-order valence-corrected chi connectivity index (χ4v) is 2.82. The van der Waals surface area contributed by atoms with E-state index in [0.717, 1.165) is 12.0 Å². The SMILES string of the molecule is COc1cc(C)c(C(=O)N2CCCN(C(C)=O)CC2)cc1OC. The first-order valence-corrected chi connectivity index (χ1v) is 7.75. The van der Waals surface area contributed by atoms with E-state index >= 15 is 0 Å². The zero-order chi connectivity index (χ0) is 17.0. The van der Waals surface area contributed by atoms with Gasteiger partial charge in [-0.05, 0) is 31.0 Å². The van der Waals surface area contributed by atoms with Crippen LogP contribution < -0.4 is 9.47 Å². The lowest BCUT2D eigenvalue weighted by Crippen LogP contribution is -2.36. The molecule has 1 aromatic carbocycles. The predicted octanol–water partition coefficient (Wildman–Crippen LogP) is 1.71. The van der Waals surface area contributed by atoms with E-state index in [1.165, 1.54) is 0 Å². The summed E-state index contributed by atoms with van der Waals surface area (Å²) in [5.74, 6) is 1.18. The van der Waals surface area contributed by atoms with Crippen molar-refractivity contribution in [2.75, 3.05) is 40.4 Å². The Labute approximate surface area is 137 Å². The number of methoxy groups -OCH3 is 2. The minimum Gasteiger partial charge on any atom is -0.493 e. The third-order valence-electron chi connectivity index (χ3n) is 4.19. The van der Waals surface area contributed by atoms with Crippen LogP contribution in [0.1, 0.15) is 29.3 Å². The summed E-state index contributed by atoms with van der Waals surface area (Å²) in [6.07, 6.45) is 0.789. The number of aryl methyl sites for hydroxylation is 1. The predicted molar refractivity (Wildman–Crippen MR) is 87.1 cm³/mol. The third kappa shape index (κ3) is 3.75. The van der Waals surface area contributed by atoms with Crippen molar-refractivity contribution in [1.82, 2.24) is 9.80 Å². The molecule has 0 radical (unpaired) electrons. The molecule has 0 saturated carbocycles. The molecule has 0 atom stereocenters. The monoisotopic (exact) mass is 320 g/mol. The first-order chi connectivity index (χ1) is 11.0. The summed E-state index contributed by atoms with van der Waals surface area (Å²) in [6.45, 7) is 5.92. The summed E-state index contributed by atoms with van der Waals surface area (Å²) in [4.78, 5) is 27.9. The van der Waals surface area contributed by atoms with Gasteiger partial charge in [-0.25, -0.2) is 0 Å². The van der Waals surface area contributed by atoms with Gasteiger partial charge in [0, 0.05) is 38.7 Å². The van der Waals surface area contributed by atoms with Crippen molar-refractivity contribution >= 4 is 11.8 Å². The lowest BCUT2D eigenvalue weighted by Gasteiger charge is -2.23. The number of carbonyl (C=O) groups is 2. The molecule has 2 amide bonds. The Morgan fingerprint density at radius 2 is 1.52 bits per heavy atom. The Kier molecular flexibility index (Phi) is 5.47. The molecular weight excluding hydrogens is 296 g/mol. The van der Waals surface area contributed by atoms with Crippen LogP contribution in [0, 0.1) is 6.92 Å². The molecule has 126 valence electrons. The summed E-state index contributed by atoms with van der Waals surface area (Å²) < 4.78 is 10.6. The van der Waals surface area contributed by atoms with Crippen LogP contribution in [0.5, 0.6) is 11.5 Å². The van der Waals surface area contributed by atoms with Gasteiger partial charge in [-0.15, -0.1) is 0 Å². The van der Waals surface area contributed by atoms with E-state index in [0.29, 0.717) is 43.2 Å². The zero-order valence-electron chi connectivity index (χ0n) is 14.2. The first kappa shape index (κ1) is 17.1. The third-order valence-corrected chi connectivity index (χ3v) is 4.19. The lowest BCUT2D eigenvalue weighted by atomic mass is 10.1. The second-order valence-electron chi connectivity index (χ2n) is 5.67. The number of rotatable bonds is 3. The van der Waals surface area contributed by atoms with Crippen molar-refractivity contribution in [1.29, 1.82) is 0 Å². The molecule has 1 aliphatic rings. The molecule has 2 rings (SSSR count). The van der Waals surface area contributed by atoms with E-state index in [-0.39, 0.29) is 11.8 Å². The van der Waals surface area contributed by atoms with Gasteiger partial charge in [0.15, 0.2) is 11.5 Å². The molecule has 0 bridgehead atoms. The molecule has 0 aliphatic carbocycles. The number of carbonyl (C=O) groups excluding carboxylic acids is 2. The van der Waals surface area contributed by atoms with Gasteiger partial charge < -0.3 is 19.3 Å². The molecule has 1 fully saturated rings. The molecule has 0 spiro atoms. The molecule has 6 nitrogen and oxygen atoms in total. The van der Waals surface area contributed by atoms with Crippen molar-refractivity contribution in [2.24, 2.45) is 0 Å². The van der Waals surface area contributed by atoms with Crippen LogP contribution in [0.4, 0.5) is 0 Å². The molecule has 1 aromatic rings. The number of ether oxygens (including phenoxy) is 2. The summed E-state index contributed by atoms with van der Waals surface area (Å²) >= 11 is 0. The maximum absolute atomic E-state index is 12.8. The van der Waals surface area contributed by atoms with Crippen LogP contribution in [0.25, 0.3) is 0 Å². The summed E-state index contributed by atoms with van der Waals surface area (Å²) in [6, 6.07) is 3.54. The van der Waals surface area contributed by atoms with Crippen molar-refractivity contribution in [3.8, 4) is 11.5 Å². The fraction of sp³-hybridized carbons (Fsp3) is 0.529. The van der Waals surface area contributed by atoms with Crippen LogP contribution >= 0.6 is 0 Å². The highest BCUT2D eigenvalue weighted by Gasteiger charge is 2.23. The molecular formula is C17H24N2O4. The molecule has 0 unspecified atom stereocenters. The first-order valence-electron chi connectivity index (χ1n) is 7.75. The van der Waals surface area contributed by atoms with Crippen molar-refractivity contribution < 1.29 is 19.1 Å². The minimum absolute atomic E-state index is 0.0335. The van der Waals surface area contributed by atoms with Gasteiger partial charge in [0.05, 0.1) is 14.2 Å². The van der Waals surface area contributed by atoms with Gasteiger partial charge in [-0.1, -0.05) is 0 Å².